The van der Waals surface area contributed by atoms with E-state index in [0.29, 0.717) is 93.7 Å². The van der Waals surface area contributed by atoms with Crippen molar-refractivity contribution >= 4 is 68.5 Å². The quantitative estimate of drug-likeness (QED) is 0.0770. The Kier molecular flexibility index (Phi) is 13.8. The summed E-state index contributed by atoms with van der Waals surface area (Å²) in [5.41, 5.74) is 6.19. The molecule has 0 aliphatic carbocycles. The van der Waals surface area contributed by atoms with Crippen molar-refractivity contribution < 1.29 is 46.2 Å². The molecule has 77 heavy (non-hydrogen) atoms. The van der Waals surface area contributed by atoms with Crippen LogP contribution in [-0.2, 0) is 38.7 Å². The molecule has 1 unspecified atom stereocenters. The molecule has 0 radical (unpaired) electrons. The number of carbonyl (C=O) groups excluding carboxylic acids is 3. The van der Waals surface area contributed by atoms with Crippen LogP contribution >= 0.6 is 11.6 Å². The lowest BCUT2D eigenvalue weighted by atomic mass is 9.83. The Hall–Kier alpha value is -6.06. The molecular weight excluding hydrogens is 1020 g/mol. The van der Waals surface area contributed by atoms with Gasteiger partial charge in [-0.25, -0.2) is 14.2 Å². The Morgan fingerprint density at radius 1 is 0.935 bits per heavy atom. The fourth-order valence-corrected chi connectivity index (χ4v) is 14.1. The van der Waals surface area contributed by atoms with Crippen molar-refractivity contribution in [1.29, 1.82) is 0 Å². The lowest BCUT2D eigenvalue weighted by molar-refractivity contribution is -0.137. The summed E-state index contributed by atoms with van der Waals surface area (Å²) < 4.78 is 81.1. The zero-order valence-corrected chi connectivity index (χ0v) is 43.9. The van der Waals surface area contributed by atoms with Crippen LogP contribution in [0.1, 0.15) is 106 Å². The SMILES string of the molecule is Cn1nc(C2CCC(=O)NC2=O)c2ccc(N3CCC(CC4CCN(C(=O)OC[C@@H]5CC[C@]6(COc7nc8c9c(nc(-c%10cc(N)cc(Cl)c%10C(F)(F)F)c(F)c9n7)CC[C@H]7COCCCN87)CCCN56)CC4)CC3)cc21. The van der Waals surface area contributed by atoms with Gasteiger partial charge in [-0.2, -0.15) is 28.2 Å². The van der Waals surface area contributed by atoms with Crippen LogP contribution in [0.5, 0.6) is 6.01 Å². The van der Waals surface area contributed by atoms with E-state index < -0.39 is 45.3 Å². The Morgan fingerprint density at radius 2 is 1.73 bits per heavy atom. The maximum Gasteiger partial charge on any atom is 0.418 e. The van der Waals surface area contributed by atoms with Gasteiger partial charge in [0.1, 0.15) is 30.2 Å². The number of nitrogens with zero attached hydrogens (tertiary/aromatic N) is 9. The average Bonchev–Trinajstić information content (AvgIpc) is 4.04. The van der Waals surface area contributed by atoms with Crippen LogP contribution in [0.3, 0.4) is 0 Å². The van der Waals surface area contributed by atoms with E-state index in [4.69, 9.17) is 41.6 Å². The van der Waals surface area contributed by atoms with E-state index >= 15 is 4.39 Å². The van der Waals surface area contributed by atoms with Crippen molar-refractivity contribution in [3.8, 4) is 17.3 Å². The lowest BCUT2D eigenvalue weighted by Crippen LogP contribution is -2.48. The van der Waals surface area contributed by atoms with Crippen molar-refractivity contribution in [2.24, 2.45) is 18.9 Å². The number of aryl methyl sites for hydroxylation is 2. The number of fused-ring (bicyclic) bond motifs is 4. The molecule has 3 aromatic heterocycles. The van der Waals surface area contributed by atoms with Crippen LogP contribution in [0.15, 0.2) is 30.3 Å². The molecule has 10 heterocycles. The van der Waals surface area contributed by atoms with Gasteiger partial charge < -0.3 is 34.6 Å². The van der Waals surface area contributed by atoms with Crippen molar-refractivity contribution in [3.05, 3.63) is 58.1 Å². The number of hydrogen-bond donors (Lipinski definition) is 2. The van der Waals surface area contributed by atoms with Crippen molar-refractivity contribution in [2.75, 3.05) is 81.2 Å². The molecule has 5 aromatic rings. The highest BCUT2D eigenvalue weighted by atomic mass is 35.5. The summed E-state index contributed by atoms with van der Waals surface area (Å²) in [4.78, 5) is 60.8. The van der Waals surface area contributed by atoms with Gasteiger partial charge in [-0.05, 0) is 132 Å². The van der Waals surface area contributed by atoms with E-state index in [1.807, 2.05) is 16.6 Å². The smallest absolute Gasteiger partial charge is 0.418 e. The van der Waals surface area contributed by atoms with Crippen LogP contribution < -0.4 is 25.6 Å². The zero-order valence-electron chi connectivity index (χ0n) is 43.2. The molecule has 7 aliphatic rings. The molecule has 0 saturated carbocycles. The number of benzene rings is 2. The molecule has 22 heteroatoms. The van der Waals surface area contributed by atoms with E-state index in [9.17, 15) is 27.6 Å². The summed E-state index contributed by atoms with van der Waals surface area (Å²) in [6.45, 7) is 5.96. The van der Waals surface area contributed by atoms with E-state index in [0.717, 1.165) is 112 Å². The number of alkyl halides is 3. The number of ether oxygens (including phenoxy) is 3. The minimum atomic E-state index is -4.93. The van der Waals surface area contributed by atoms with Gasteiger partial charge in [0.25, 0.3) is 0 Å². The number of hydrogen-bond acceptors (Lipinski definition) is 14. The number of anilines is 3. The number of carbonyl (C=O) groups is 3. The first kappa shape index (κ1) is 51.7. The van der Waals surface area contributed by atoms with E-state index in [-0.39, 0.29) is 60.4 Å². The number of pyridine rings is 1. The van der Waals surface area contributed by atoms with Gasteiger partial charge in [0.2, 0.25) is 11.8 Å². The number of nitrogens with two attached hydrogens (primary N) is 1. The Morgan fingerprint density at radius 3 is 2.51 bits per heavy atom. The van der Waals surface area contributed by atoms with Crippen molar-refractivity contribution in [2.45, 2.75) is 120 Å². The predicted octanol–water partition coefficient (Wildman–Crippen LogP) is 8.56. The number of nitrogen functional groups attached to an aromatic ring is 1. The first-order chi connectivity index (χ1) is 37.1. The third kappa shape index (κ3) is 9.86. The van der Waals surface area contributed by atoms with Gasteiger partial charge in [-0.3, -0.25) is 24.5 Å². The highest BCUT2D eigenvalue weighted by Gasteiger charge is 2.51. The maximum atomic E-state index is 17.1. The van der Waals surface area contributed by atoms with Gasteiger partial charge in [0.05, 0.1) is 57.0 Å². The highest BCUT2D eigenvalue weighted by Crippen LogP contribution is 2.47. The number of likely N-dealkylation sites (tertiary alicyclic amines) is 1. The van der Waals surface area contributed by atoms with Gasteiger partial charge in [0.15, 0.2) is 5.82 Å². The van der Waals surface area contributed by atoms with Crippen molar-refractivity contribution in [3.63, 3.8) is 0 Å². The van der Waals surface area contributed by atoms with Crippen LogP contribution in [0, 0.1) is 17.7 Å². The summed E-state index contributed by atoms with van der Waals surface area (Å²) in [5, 5.41) is 7.79. The van der Waals surface area contributed by atoms with Gasteiger partial charge in [-0.1, -0.05) is 11.6 Å². The number of imide groups is 1. The first-order valence-electron chi connectivity index (χ1n) is 27.4. The number of halogens is 5. The normalized spacial score (nSPS) is 24.8. The number of amides is 3. The molecule has 0 bridgehead atoms. The second-order valence-electron chi connectivity index (χ2n) is 22.4. The number of nitrogens with one attached hydrogen (secondary N) is 1. The summed E-state index contributed by atoms with van der Waals surface area (Å²) in [7, 11) is 1.90. The molecule has 2 aromatic carbocycles. The molecule has 4 atom stereocenters. The predicted molar refractivity (Wildman–Crippen MR) is 280 cm³/mol. The third-order valence-corrected chi connectivity index (χ3v) is 18.1. The van der Waals surface area contributed by atoms with Crippen LogP contribution in [0.25, 0.3) is 33.1 Å². The Bertz CT molecular complexity index is 3130. The molecule has 6 fully saturated rings. The molecule has 17 nitrogen and oxygen atoms in total. The van der Waals surface area contributed by atoms with Crippen LogP contribution in [0.2, 0.25) is 5.02 Å². The standard InChI is InChI=1S/C55H64ClF4N11O6/c1-67-42-27-34(4-6-37(42)47(66-67)38-7-9-43(72)63-51(38)73)68-19-11-31(12-20-68)24-32-13-21-69(22-14-32)53(74)76-29-36-10-16-54(15-2-18-71(36)54)30-77-52-64-49-44-41(8-5-35-28-75-23-3-17-70(35)50(44)65-52)62-48(46(49)57)39-25-33(61)26-40(56)45(39)55(58,59)60/h4,6,25-27,31-32,35-36,38H,2-3,5,7-24,28-30,61H2,1H3,(H,63,72,73)/t35-,36-,38?,54-/m0/s1. The fraction of sp³-hybridized carbons (Fsp3) is 0.582. The molecule has 3 amide bonds. The van der Waals surface area contributed by atoms with E-state index in [1.54, 1.807) is 0 Å². The first-order valence-corrected chi connectivity index (χ1v) is 27.8. The van der Waals surface area contributed by atoms with Crippen molar-refractivity contribution in [1.82, 2.24) is 39.8 Å². The number of rotatable bonds is 10. The largest absolute Gasteiger partial charge is 0.461 e. The summed E-state index contributed by atoms with van der Waals surface area (Å²) in [6, 6.07) is 8.14. The number of aromatic nitrogens is 5. The average molecular weight is 1090 g/mol. The Labute approximate surface area is 448 Å². The molecule has 3 N–H and O–H groups in total. The zero-order chi connectivity index (χ0) is 53.3. The third-order valence-electron chi connectivity index (χ3n) is 17.8. The van der Waals surface area contributed by atoms with E-state index in [1.165, 1.54) is 0 Å². The summed E-state index contributed by atoms with van der Waals surface area (Å²) in [5.74, 6) is -0.434. The van der Waals surface area contributed by atoms with E-state index in [2.05, 4.69) is 48.2 Å². The molecule has 12 rings (SSSR count). The second kappa shape index (κ2) is 20.6. The molecule has 6 saturated heterocycles. The monoisotopic (exact) mass is 1090 g/mol. The Balaban J connectivity index is 0.663. The van der Waals surface area contributed by atoms with Crippen LogP contribution in [0.4, 0.5) is 39.5 Å². The summed E-state index contributed by atoms with van der Waals surface area (Å²) in [6.07, 6.45) is 5.62. The topological polar surface area (TPSA) is 186 Å². The summed E-state index contributed by atoms with van der Waals surface area (Å²) >= 11 is 6.15. The van der Waals surface area contributed by atoms with Gasteiger partial charge >= 0.3 is 18.3 Å². The van der Waals surface area contributed by atoms with Gasteiger partial charge in [0, 0.05) is 81.2 Å². The lowest BCUT2D eigenvalue weighted by Gasteiger charge is -2.37. The molecule has 410 valence electrons. The molecular formula is C55H64ClF4N11O6. The number of piperidine rings is 3. The second-order valence-corrected chi connectivity index (χ2v) is 22.8. The van der Waals surface area contributed by atoms with Gasteiger partial charge in [-0.15, -0.1) is 0 Å². The molecule has 7 aliphatic heterocycles. The minimum absolute atomic E-state index is 0.0172. The van der Waals surface area contributed by atoms with Crippen LogP contribution in [-0.4, -0.2) is 136 Å². The fourth-order valence-electron chi connectivity index (χ4n) is 13.8. The molecule has 0 spiro atoms. The maximum absolute atomic E-state index is 17.1. The highest BCUT2D eigenvalue weighted by molar-refractivity contribution is 6.32. The minimum Gasteiger partial charge on any atom is -0.461 e.